The summed E-state index contributed by atoms with van der Waals surface area (Å²) >= 11 is 0. The Labute approximate surface area is 172 Å². The zero-order valence-corrected chi connectivity index (χ0v) is 15.8. The van der Waals surface area contributed by atoms with Gasteiger partial charge in [0.1, 0.15) is 0 Å². The average Bonchev–Trinajstić information content (AvgIpc) is 3.52. The molecule has 6 heterocycles. The van der Waals surface area contributed by atoms with Gasteiger partial charge in [0.25, 0.3) is 0 Å². The third-order valence-electron chi connectivity index (χ3n) is 4.78. The van der Waals surface area contributed by atoms with E-state index < -0.39 is 0 Å². The average molecular weight is 387 g/mol. The molecule has 0 aromatic carbocycles. The molecule has 30 heavy (non-hydrogen) atoms. The molecule has 0 amide bonds. The van der Waals surface area contributed by atoms with Crippen molar-refractivity contribution in [1.29, 1.82) is 0 Å². The van der Waals surface area contributed by atoms with Crippen molar-refractivity contribution < 1.29 is 0 Å². The monoisotopic (exact) mass is 387 g/mol. The van der Waals surface area contributed by atoms with Gasteiger partial charge in [-0.1, -0.05) is 54.6 Å². The van der Waals surface area contributed by atoms with E-state index in [0.717, 1.165) is 44.2 Å². The van der Waals surface area contributed by atoms with E-state index in [4.69, 9.17) is 0 Å². The maximum Gasteiger partial charge on any atom is 0.216 e. The van der Waals surface area contributed by atoms with Crippen LogP contribution in [0.2, 0.25) is 0 Å². The van der Waals surface area contributed by atoms with Gasteiger partial charge in [-0.05, 0) is 18.4 Å². The normalized spacial score (nSPS) is 16.9. The molecule has 6 nitrogen and oxygen atoms in total. The number of hydrogen-bond donors (Lipinski definition) is 0. The summed E-state index contributed by atoms with van der Waals surface area (Å²) in [6.07, 6.45) is 17.5. The first kappa shape index (κ1) is 16.7. The molecule has 6 heteroatoms. The molecule has 0 atom stereocenters. The minimum Gasteiger partial charge on any atom is -0.658 e. The van der Waals surface area contributed by atoms with E-state index >= 15 is 0 Å². The van der Waals surface area contributed by atoms with Crippen LogP contribution >= 0.6 is 0 Å². The number of nitrogens with zero attached hydrogens (tertiary/aromatic N) is 6. The fourth-order valence-electron chi connectivity index (χ4n) is 3.43. The van der Waals surface area contributed by atoms with E-state index in [2.05, 4.69) is 26.6 Å². The molecular formula is C24H15N6-3. The first-order valence-electron chi connectivity index (χ1n) is 9.55. The van der Waals surface area contributed by atoms with Crippen LogP contribution in [-0.4, -0.2) is 15.5 Å². The van der Waals surface area contributed by atoms with Gasteiger partial charge in [0.2, 0.25) is 6.67 Å². The third kappa shape index (κ3) is 3.35. The quantitative estimate of drug-likeness (QED) is 0.530. The molecule has 0 unspecified atom stereocenters. The third-order valence-corrected chi connectivity index (χ3v) is 4.78. The second kappa shape index (κ2) is 6.70. The molecular weight excluding hydrogens is 372 g/mol. The number of allylic oxidation sites excluding steroid dienone is 2. The molecule has 0 N–H and O–H groups in total. The van der Waals surface area contributed by atoms with Gasteiger partial charge in [-0.15, -0.1) is 32.8 Å². The van der Waals surface area contributed by atoms with Crippen LogP contribution in [0.3, 0.4) is 0 Å². The van der Waals surface area contributed by atoms with Crippen LogP contribution < -0.4 is 36.3 Å². The fourth-order valence-corrected chi connectivity index (χ4v) is 3.43. The Morgan fingerprint density at radius 3 is 2.03 bits per heavy atom. The first-order valence-corrected chi connectivity index (χ1v) is 9.55. The Kier molecular flexibility index (Phi) is 3.74. The van der Waals surface area contributed by atoms with Crippen molar-refractivity contribution in [2.24, 2.45) is 4.99 Å². The summed E-state index contributed by atoms with van der Waals surface area (Å²) in [6, 6.07) is 11.9. The van der Waals surface area contributed by atoms with Crippen molar-refractivity contribution in [3.8, 4) is 0 Å². The Balaban J connectivity index is 1.48. The second-order valence-corrected chi connectivity index (χ2v) is 7.08. The number of aliphatic imine (C=N–C) groups is 1. The van der Waals surface area contributed by atoms with Gasteiger partial charge in [0.15, 0.2) is 0 Å². The standard InChI is InChI=1S/C24H15N6/c1-3-19-12-21-5-7-23(27-21)14-29-9-10-30(16-29)15-24-8-6-22(28-24)13-20-4-2-18(26-20)11-17(1)25-19/h1-15H/q-3. The zero-order chi connectivity index (χ0) is 19.9. The van der Waals surface area contributed by atoms with E-state index in [9.17, 15) is 0 Å². The summed E-state index contributed by atoms with van der Waals surface area (Å²) in [5.41, 5.74) is 3.45. The lowest BCUT2D eigenvalue weighted by Crippen LogP contribution is -2.18. The van der Waals surface area contributed by atoms with Crippen molar-refractivity contribution >= 4 is 30.1 Å². The fraction of sp³-hybridized carbons (Fsp3) is 0. The van der Waals surface area contributed by atoms with Gasteiger partial charge in [0, 0.05) is 18.6 Å². The SMILES string of the molecule is [C]1N2C=CN1C=c1ccc([n-]1)=Cc1ccc([n-]1)C=c1ccc([n-]1)=CC1=NC(=C2)C=C1. The van der Waals surface area contributed by atoms with Crippen LogP contribution in [0.25, 0.3) is 24.4 Å². The lowest BCUT2D eigenvalue weighted by molar-refractivity contribution is 0.513. The minimum absolute atomic E-state index is 0.852. The van der Waals surface area contributed by atoms with Crippen LogP contribution in [-0.2, 0) is 0 Å². The number of aromatic nitrogens is 3. The maximum atomic E-state index is 4.65. The highest BCUT2D eigenvalue weighted by atomic mass is 15.3. The van der Waals surface area contributed by atoms with Crippen LogP contribution in [0, 0.1) is 6.67 Å². The van der Waals surface area contributed by atoms with E-state index in [0.29, 0.717) is 0 Å². The van der Waals surface area contributed by atoms with Crippen molar-refractivity contribution in [2.45, 2.75) is 0 Å². The molecule has 0 fully saturated rings. The predicted molar refractivity (Wildman–Crippen MR) is 115 cm³/mol. The van der Waals surface area contributed by atoms with Gasteiger partial charge < -0.3 is 24.8 Å². The van der Waals surface area contributed by atoms with Crippen LogP contribution in [0.5, 0.6) is 0 Å². The van der Waals surface area contributed by atoms with Crippen molar-refractivity contribution in [3.05, 3.63) is 112 Å². The first-order chi connectivity index (χ1) is 14.7. The summed E-state index contributed by atoms with van der Waals surface area (Å²) in [6.45, 7) is 3.23. The molecule has 2 radical (unpaired) electrons. The lowest BCUT2D eigenvalue weighted by atomic mass is 10.3. The Bertz CT molecular complexity index is 1480. The molecule has 3 aromatic rings. The molecule has 3 aliphatic rings. The summed E-state index contributed by atoms with van der Waals surface area (Å²) < 4.78 is 0. The van der Waals surface area contributed by atoms with Crippen molar-refractivity contribution in [3.63, 3.8) is 0 Å². The molecule has 0 saturated carbocycles. The molecule has 144 valence electrons. The molecule has 0 spiro atoms. The number of rotatable bonds is 0. The second-order valence-electron chi connectivity index (χ2n) is 7.08. The molecule has 0 saturated heterocycles. The molecule has 0 aliphatic carbocycles. The Morgan fingerprint density at radius 1 is 0.633 bits per heavy atom. The van der Waals surface area contributed by atoms with Crippen molar-refractivity contribution in [2.75, 3.05) is 0 Å². The Morgan fingerprint density at radius 2 is 1.27 bits per heavy atom. The summed E-state index contributed by atoms with van der Waals surface area (Å²) in [5, 5.41) is 3.45. The number of fused-ring (bicyclic) bond motifs is 9. The van der Waals surface area contributed by atoms with Crippen LogP contribution in [0.15, 0.2) is 77.8 Å². The molecule has 3 aliphatic heterocycles. The van der Waals surface area contributed by atoms with Gasteiger partial charge in [-0.2, -0.15) is 0 Å². The Hall–Kier alpha value is -4.19. The van der Waals surface area contributed by atoms with Crippen molar-refractivity contribution in [1.82, 2.24) is 24.8 Å². The molecule has 6 rings (SSSR count). The maximum absolute atomic E-state index is 4.65. The number of hydrogen-bond acceptors (Lipinski definition) is 3. The van der Waals surface area contributed by atoms with E-state index in [-0.39, 0.29) is 0 Å². The van der Waals surface area contributed by atoms with Gasteiger partial charge in [0.05, 0.1) is 11.4 Å². The minimum atomic E-state index is 0.852. The van der Waals surface area contributed by atoms with Gasteiger partial charge >= 0.3 is 0 Å². The van der Waals surface area contributed by atoms with Gasteiger partial charge in [-0.3, -0.25) is 0 Å². The highest BCUT2D eigenvalue weighted by Crippen LogP contribution is 2.17. The largest absolute Gasteiger partial charge is 0.658 e. The van der Waals surface area contributed by atoms with E-state index in [1.54, 1.807) is 0 Å². The highest BCUT2D eigenvalue weighted by Gasteiger charge is 2.11. The summed E-state index contributed by atoms with van der Waals surface area (Å²) in [4.78, 5) is 22.3. The predicted octanol–water partition coefficient (Wildman–Crippen LogP) is -0.315. The summed E-state index contributed by atoms with van der Waals surface area (Å²) in [5.74, 6) is 0. The van der Waals surface area contributed by atoms with Crippen LogP contribution in [0.4, 0.5) is 0 Å². The molecule has 3 aromatic heterocycles. The van der Waals surface area contributed by atoms with E-state index in [1.165, 1.54) is 0 Å². The highest BCUT2D eigenvalue weighted by molar-refractivity contribution is 6.19. The van der Waals surface area contributed by atoms with E-state index in [1.807, 2.05) is 101 Å². The lowest BCUT2D eigenvalue weighted by Gasteiger charge is -2.13. The topological polar surface area (TPSA) is 61.1 Å². The smallest absolute Gasteiger partial charge is 0.216 e. The van der Waals surface area contributed by atoms with Crippen LogP contribution in [0.1, 0.15) is 11.4 Å². The summed E-state index contributed by atoms with van der Waals surface area (Å²) in [7, 11) is 0. The molecule has 10 bridgehead atoms. The van der Waals surface area contributed by atoms with Gasteiger partial charge in [-0.25, -0.2) is 4.99 Å². The zero-order valence-electron chi connectivity index (χ0n) is 15.8.